The SMILES string of the molecule is CC(NC(=O)c1ccc(NS(=O)(=O)c2ccc3[nH]c(=O)[nH]c3c2)cc1)C(=O)N(C)C. The summed E-state index contributed by atoms with van der Waals surface area (Å²) in [5, 5.41) is 2.59. The number of anilines is 1. The second-order valence-corrected chi connectivity index (χ2v) is 8.58. The lowest BCUT2D eigenvalue weighted by Crippen LogP contribution is -2.44. The summed E-state index contributed by atoms with van der Waals surface area (Å²) in [4.78, 5) is 41.9. The van der Waals surface area contributed by atoms with Gasteiger partial charge in [0, 0.05) is 25.3 Å². The average Bonchev–Trinajstić information content (AvgIpc) is 3.06. The van der Waals surface area contributed by atoms with E-state index in [0.717, 1.165) is 0 Å². The molecule has 10 nitrogen and oxygen atoms in total. The molecule has 11 heteroatoms. The van der Waals surface area contributed by atoms with Crippen LogP contribution in [0.2, 0.25) is 0 Å². The van der Waals surface area contributed by atoms with Crippen LogP contribution in [0.4, 0.5) is 5.69 Å². The third kappa shape index (κ3) is 4.51. The van der Waals surface area contributed by atoms with Crippen molar-refractivity contribution in [1.29, 1.82) is 0 Å². The minimum atomic E-state index is -3.91. The van der Waals surface area contributed by atoms with Crippen molar-refractivity contribution in [3.8, 4) is 0 Å². The van der Waals surface area contributed by atoms with Gasteiger partial charge in [0.1, 0.15) is 6.04 Å². The maximum atomic E-state index is 12.6. The first-order chi connectivity index (χ1) is 14.1. The van der Waals surface area contributed by atoms with Gasteiger partial charge in [0.15, 0.2) is 0 Å². The number of carbonyl (C=O) groups excluding carboxylic acids is 2. The molecule has 0 bridgehead atoms. The third-order valence-electron chi connectivity index (χ3n) is 4.36. The van der Waals surface area contributed by atoms with E-state index in [1.807, 2.05) is 0 Å². The van der Waals surface area contributed by atoms with Crippen molar-refractivity contribution >= 4 is 38.6 Å². The van der Waals surface area contributed by atoms with Gasteiger partial charge in [-0.1, -0.05) is 0 Å². The summed E-state index contributed by atoms with van der Waals surface area (Å²) in [7, 11) is -0.716. The van der Waals surface area contributed by atoms with Crippen molar-refractivity contribution in [1.82, 2.24) is 20.2 Å². The van der Waals surface area contributed by atoms with E-state index < -0.39 is 27.7 Å². The minimum absolute atomic E-state index is 0.0249. The Labute approximate surface area is 172 Å². The van der Waals surface area contributed by atoms with Gasteiger partial charge in [-0.3, -0.25) is 14.3 Å². The van der Waals surface area contributed by atoms with Crippen molar-refractivity contribution in [3.63, 3.8) is 0 Å². The predicted molar refractivity (Wildman–Crippen MR) is 112 cm³/mol. The second-order valence-electron chi connectivity index (χ2n) is 6.90. The number of likely N-dealkylation sites (N-methyl/N-ethyl adjacent to an activating group) is 1. The van der Waals surface area contributed by atoms with Crippen LogP contribution in [0.15, 0.2) is 52.2 Å². The highest BCUT2D eigenvalue weighted by Crippen LogP contribution is 2.19. The normalized spacial score (nSPS) is 12.4. The molecule has 0 aliphatic heterocycles. The van der Waals surface area contributed by atoms with Gasteiger partial charge in [-0.25, -0.2) is 13.2 Å². The lowest BCUT2D eigenvalue weighted by molar-refractivity contribution is -0.130. The standard InChI is InChI=1S/C19H21N5O5S/c1-11(18(26)24(2)3)20-17(25)12-4-6-13(7-5-12)23-30(28,29)14-8-9-15-16(10-14)22-19(27)21-15/h4-11,23H,1-3H3,(H,20,25)(H2,21,22,27). The molecule has 1 atom stereocenters. The highest BCUT2D eigenvalue weighted by atomic mass is 32.2. The zero-order valence-corrected chi connectivity index (χ0v) is 17.3. The Bertz CT molecular complexity index is 1260. The Balaban J connectivity index is 1.73. The number of nitrogens with zero attached hydrogens (tertiary/aromatic N) is 1. The molecule has 158 valence electrons. The van der Waals surface area contributed by atoms with Gasteiger partial charge in [0.05, 0.1) is 15.9 Å². The molecule has 0 aliphatic carbocycles. The maximum Gasteiger partial charge on any atom is 0.323 e. The number of benzene rings is 2. The van der Waals surface area contributed by atoms with Gasteiger partial charge in [-0.05, 0) is 49.4 Å². The van der Waals surface area contributed by atoms with Crippen LogP contribution >= 0.6 is 0 Å². The first kappa shape index (κ1) is 21.1. The molecule has 0 radical (unpaired) electrons. The molecule has 1 aromatic heterocycles. The molecule has 3 aromatic rings. The zero-order valence-electron chi connectivity index (χ0n) is 16.5. The summed E-state index contributed by atoms with van der Waals surface area (Å²) in [6.07, 6.45) is 0. The molecular weight excluding hydrogens is 410 g/mol. The fourth-order valence-corrected chi connectivity index (χ4v) is 3.90. The molecule has 4 N–H and O–H groups in total. The minimum Gasteiger partial charge on any atom is -0.347 e. The Hall–Kier alpha value is -3.60. The van der Waals surface area contributed by atoms with Gasteiger partial charge in [0.25, 0.3) is 15.9 Å². The van der Waals surface area contributed by atoms with E-state index in [4.69, 9.17) is 0 Å². The fourth-order valence-electron chi connectivity index (χ4n) is 2.81. The Morgan fingerprint density at radius 2 is 1.63 bits per heavy atom. The van der Waals surface area contributed by atoms with Gasteiger partial charge in [-0.15, -0.1) is 0 Å². The maximum absolute atomic E-state index is 12.6. The second kappa shape index (κ2) is 8.03. The smallest absolute Gasteiger partial charge is 0.323 e. The number of hydrogen-bond donors (Lipinski definition) is 4. The van der Waals surface area contributed by atoms with Crippen LogP contribution in [-0.2, 0) is 14.8 Å². The Morgan fingerprint density at radius 3 is 2.27 bits per heavy atom. The Kier molecular flexibility index (Phi) is 5.65. The molecule has 0 aliphatic rings. The van der Waals surface area contributed by atoms with Crippen molar-refractivity contribution in [2.24, 2.45) is 0 Å². The number of nitrogens with one attached hydrogen (secondary N) is 4. The molecular formula is C19H21N5O5S. The van der Waals surface area contributed by atoms with Crippen molar-refractivity contribution in [3.05, 3.63) is 58.5 Å². The van der Waals surface area contributed by atoms with Crippen LogP contribution in [0.3, 0.4) is 0 Å². The summed E-state index contributed by atoms with van der Waals surface area (Å²) in [6.45, 7) is 1.58. The van der Waals surface area contributed by atoms with E-state index in [-0.39, 0.29) is 22.1 Å². The number of fused-ring (bicyclic) bond motifs is 1. The van der Waals surface area contributed by atoms with Gasteiger partial charge in [0.2, 0.25) is 5.91 Å². The largest absolute Gasteiger partial charge is 0.347 e. The number of aromatic nitrogens is 2. The van der Waals surface area contributed by atoms with E-state index in [9.17, 15) is 22.8 Å². The molecule has 2 aromatic carbocycles. The Morgan fingerprint density at radius 1 is 1.00 bits per heavy atom. The van der Waals surface area contributed by atoms with Crippen molar-refractivity contribution in [2.45, 2.75) is 17.9 Å². The number of carbonyl (C=O) groups is 2. The summed E-state index contributed by atoms with van der Waals surface area (Å²) in [6, 6.07) is 9.31. The molecule has 3 rings (SSSR count). The number of sulfonamides is 1. The lowest BCUT2D eigenvalue weighted by atomic mass is 10.2. The van der Waals surface area contributed by atoms with Gasteiger partial charge >= 0.3 is 5.69 Å². The summed E-state index contributed by atoms with van der Waals surface area (Å²) >= 11 is 0. The topological polar surface area (TPSA) is 144 Å². The van der Waals surface area contributed by atoms with E-state index in [0.29, 0.717) is 11.0 Å². The summed E-state index contributed by atoms with van der Waals surface area (Å²) < 4.78 is 27.7. The summed E-state index contributed by atoms with van der Waals surface area (Å²) in [5.41, 5.74) is 0.977. The van der Waals surface area contributed by atoms with E-state index in [2.05, 4.69) is 20.0 Å². The number of rotatable bonds is 6. The van der Waals surface area contributed by atoms with E-state index in [1.54, 1.807) is 21.0 Å². The molecule has 1 heterocycles. The van der Waals surface area contributed by atoms with Gasteiger partial charge in [-0.2, -0.15) is 0 Å². The highest BCUT2D eigenvalue weighted by Gasteiger charge is 2.19. The zero-order chi connectivity index (χ0) is 22.1. The highest BCUT2D eigenvalue weighted by molar-refractivity contribution is 7.92. The van der Waals surface area contributed by atoms with Gasteiger partial charge < -0.3 is 20.2 Å². The van der Waals surface area contributed by atoms with Crippen LogP contribution in [0, 0.1) is 0 Å². The molecule has 0 saturated heterocycles. The van der Waals surface area contributed by atoms with Crippen LogP contribution < -0.4 is 15.7 Å². The van der Waals surface area contributed by atoms with Crippen LogP contribution in [-0.4, -0.2) is 55.2 Å². The number of amides is 2. The molecule has 1 unspecified atom stereocenters. The molecule has 2 amide bonds. The van der Waals surface area contributed by atoms with Crippen molar-refractivity contribution in [2.75, 3.05) is 18.8 Å². The molecule has 30 heavy (non-hydrogen) atoms. The van der Waals surface area contributed by atoms with Crippen LogP contribution in [0.5, 0.6) is 0 Å². The average molecular weight is 431 g/mol. The summed E-state index contributed by atoms with van der Waals surface area (Å²) in [5.74, 6) is -0.692. The van der Waals surface area contributed by atoms with Crippen LogP contribution in [0.25, 0.3) is 11.0 Å². The van der Waals surface area contributed by atoms with Crippen molar-refractivity contribution < 1.29 is 18.0 Å². The lowest BCUT2D eigenvalue weighted by Gasteiger charge is -2.18. The molecule has 0 spiro atoms. The molecule has 0 saturated carbocycles. The number of imidazole rings is 1. The number of H-pyrrole nitrogens is 2. The first-order valence-electron chi connectivity index (χ1n) is 8.94. The quantitative estimate of drug-likeness (QED) is 0.458. The first-order valence-corrected chi connectivity index (χ1v) is 10.4. The fraction of sp³-hybridized carbons (Fsp3) is 0.211. The number of hydrogen-bond acceptors (Lipinski definition) is 5. The van der Waals surface area contributed by atoms with Crippen LogP contribution in [0.1, 0.15) is 17.3 Å². The molecule has 0 fully saturated rings. The van der Waals surface area contributed by atoms with E-state index >= 15 is 0 Å². The predicted octanol–water partition coefficient (Wildman–Crippen LogP) is 0.864. The number of aromatic amines is 2. The monoisotopic (exact) mass is 431 g/mol. The van der Waals surface area contributed by atoms with E-state index in [1.165, 1.54) is 47.4 Å². The third-order valence-corrected chi connectivity index (χ3v) is 5.73.